The molecule has 0 bridgehead atoms. The van der Waals surface area contributed by atoms with Crippen LogP contribution in [0.2, 0.25) is 0 Å². The van der Waals surface area contributed by atoms with E-state index in [1.165, 1.54) is 6.07 Å². The molecule has 0 amide bonds. The van der Waals surface area contributed by atoms with Gasteiger partial charge in [-0.25, -0.2) is 0 Å². The maximum Gasteiger partial charge on any atom is 0.332 e. The summed E-state index contributed by atoms with van der Waals surface area (Å²) in [4.78, 5) is -0.399. The van der Waals surface area contributed by atoms with Gasteiger partial charge >= 0.3 is 10.2 Å². The Labute approximate surface area is 77.7 Å². The molecule has 0 unspecified atom stereocenters. The SMILES string of the molecule is Nc1ccc(S(=O)(=O)F)cc1Br. The van der Waals surface area contributed by atoms with Gasteiger partial charge in [-0.1, -0.05) is 0 Å². The van der Waals surface area contributed by atoms with Crippen LogP contribution in [-0.4, -0.2) is 8.42 Å². The van der Waals surface area contributed by atoms with E-state index in [-0.39, 0.29) is 0 Å². The molecule has 0 radical (unpaired) electrons. The molecule has 0 fully saturated rings. The maximum absolute atomic E-state index is 12.3. The topological polar surface area (TPSA) is 60.2 Å². The molecule has 0 aliphatic heterocycles. The van der Waals surface area contributed by atoms with Crippen molar-refractivity contribution >= 4 is 31.8 Å². The Morgan fingerprint density at radius 2 is 2.00 bits per heavy atom. The van der Waals surface area contributed by atoms with Crippen LogP contribution in [0.15, 0.2) is 27.6 Å². The van der Waals surface area contributed by atoms with Crippen LogP contribution in [0.3, 0.4) is 0 Å². The van der Waals surface area contributed by atoms with Gasteiger partial charge in [-0.2, -0.15) is 8.42 Å². The lowest BCUT2D eigenvalue weighted by molar-refractivity contribution is 0.552. The highest BCUT2D eigenvalue weighted by Crippen LogP contribution is 2.23. The van der Waals surface area contributed by atoms with Gasteiger partial charge in [-0.05, 0) is 34.1 Å². The van der Waals surface area contributed by atoms with E-state index in [1.807, 2.05) is 0 Å². The number of nitrogens with two attached hydrogens (primary N) is 1. The van der Waals surface area contributed by atoms with Crippen LogP contribution in [0.25, 0.3) is 0 Å². The van der Waals surface area contributed by atoms with Crippen LogP contribution in [0.1, 0.15) is 0 Å². The van der Waals surface area contributed by atoms with Crippen molar-refractivity contribution in [3.8, 4) is 0 Å². The number of hydrogen-bond donors (Lipinski definition) is 1. The fraction of sp³-hybridized carbons (Fsp3) is 0. The average Bonchev–Trinajstić information content (AvgIpc) is 1.92. The summed E-state index contributed by atoms with van der Waals surface area (Å²) in [6.07, 6.45) is 0. The quantitative estimate of drug-likeness (QED) is 0.612. The third-order valence-corrected chi connectivity index (χ3v) is 2.76. The van der Waals surface area contributed by atoms with Crippen LogP contribution in [0, 0.1) is 0 Å². The zero-order valence-corrected chi connectivity index (χ0v) is 8.19. The van der Waals surface area contributed by atoms with Gasteiger partial charge in [0.2, 0.25) is 0 Å². The fourth-order valence-corrected chi connectivity index (χ4v) is 1.68. The van der Waals surface area contributed by atoms with Gasteiger partial charge in [-0.3, -0.25) is 0 Å². The van der Waals surface area contributed by atoms with Crippen LogP contribution in [-0.2, 0) is 10.2 Å². The number of benzene rings is 1. The van der Waals surface area contributed by atoms with Gasteiger partial charge < -0.3 is 5.73 Å². The largest absolute Gasteiger partial charge is 0.398 e. The number of halogens is 2. The van der Waals surface area contributed by atoms with Gasteiger partial charge in [-0.15, -0.1) is 3.89 Å². The van der Waals surface area contributed by atoms with Crippen molar-refractivity contribution in [3.63, 3.8) is 0 Å². The van der Waals surface area contributed by atoms with Crippen molar-refractivity contribution < 1.29 is 12.3 Å². The first kappa shape index (κ1) is 9.47. The predicted octanol–water partition coefficient (Wildman–Crippen LogP) is 1.69. The van der Waals surface area contributed by atoms with Crippen LogP contribution in [0.5, 0.6) is 0 Å². The second-order valence-corrected chi connectivity index (χ2v) is 4.32. The van der Waals surface area contributed by atoms with Gasteiger partial charge in [0, 0.05) is 10.2 Å². The van der Waals surface area contributed by atoms with Crippen molar-refractivity contribution in [1.29, 1.82) is 0 Å². The number of anilines is 1. The second kappa shape index (κ2) is 3.02. The summed E-state index contributed by atoms with van der Waals surface area (Å²) in [7, 11) is -4.63. The third kappa shape index (κ3) is 1.95. The molecule has 1 aromatic rings. The normalized spacial score (nSPS) is 11.5. The van der Waals surface area contributed by atoms with Crippen LogP contribution >= 0.6 is 15.9 Å². The smallest absolute Gasteiger partial charge is 0.332 e. The summed E-state index contributed by atoms with van der Waals surface area (Å²) < 4.78 is 33.4. The van der Waals surface area contributed by atoms with E-state index in [4.69, 9.17) is 5.73 Å². The van der Waals surface area contributed by atoms with E-state index in [2.05, 4.69) is 15.9 Å². The minimum atomic E-state index is -4.63. The third-order valence-electron chi connectivity index (χ3n) is 1.25. The molecule has 3 nitrogen and oxygen atoms in total. The monoisotopic (exact) mass is 253 g/mol. The molecule has 1 aromatic carbocycles. The van der Waals surface area contributed by atoms with E-state index in [0.717, 1.165) is 12.1 Å². The minimum Gasteiger partial charge on any atom is -0.398 e. The standard InChI is InChI=1S/C6H5BrFNO2S/c7-5-3-4(12(8,10)11)1-2-6(5)9/h1-3H,9H2. The Morgan fingerprint density at radius 3 is 2.42 bits per heavy atom. The number of hydrogen-bond acceptors (Lipinski definition) is 3. The first-order chi connectivity index (χ1) is 5.41. The summed E-state index contributed by atoms with van der Waals surface area (Å²) in [6, 6.07) is 3.54. The van der Waals surface area contributed by atoms with Crippen molar-refractivity contribution in [1.82, 2.24) is 0 Å². The average molecular weight is 254 g/mol. The molecule has 0 saturated carbocycles. The number of rotatable bonds is 1. The van der Waals surface area contributed by atoms with Gasteiger partial charge in [0.25, 0.3) is 0 Å². The second-order valence-electron chi connectivity index (χ2n) is 2.12. The molecule has 0 atom stereocenters. The van der Waals surface area contributed by atoms with E-state index in [9.17, 15) is 12.3 Å². The molecule has 66 valence electrons. The maximum atomic E-state index is 12.3. The molecule has 12 heavy (non-hydrogen) atoms. The molecule has 1 rings (SSSR count). The van der Waals surface area contributed by atoms with Crippen LogP contribution in [0.4, 0.5) is 9.57 Å². The highest BCUT2D eigenvalue weighted by molar-refractivity contribution is 9.10. The molecule has 6 heteroatoms. The Bertz CT molecular complexity index is 404. The summed E-state index contributed by atoms with van der Waals surface area (Å²) in [5.74, 6) is 0. The highest BCUT2D eigenvalue weighted by Gasteiger charge is 2.12. The Kier molecular flexibility index (Phi) is 2.39. The Hall–Kier alpha value is -0.620. The predicted molar refractivity (Wildman–Crippen MR) is 46.8 cm³/mol. The summed E-state index contributed by atoms with van der Waals surface area (Å²) in [5, 5.41) is 0. The molecule has 0 heterocycles. The molecule has 0 spiro atoms. The van der Waals surface area contributed by atoms with E-state index < -0.39 is 15.1 Å². The van der Waals surface area contributed by atoms with E-state index in [1.54, 1.807) is 0 Å². The summed E-state index contributed by atoms with van der Waals surface area (Å²) in [6.45, 7) is 0. The van der Waals surface area contributed by atoms with Gasteiger partial charge in [0.15, 0.2) is 0 Å². The summed E-state index contributed by atoms with van der Waals surface area (Å²) >= 11 is 2.98. The zero-order valence-electron chi connectivity index (χ0n) is 5.79. The lowest BCUT2D eigenvalue weighted by atomic mass is 10.3. The lowest BCUT2D eigenvalue weighted by Crippen LogP contribution is -1.93. The highest BCUT2D eigenvalue weighted by atomic mass is 79.9. The molecule has 0 aliphatic carbocycles. The molecular formula is C6H5BrFNO2S. The molecule has 2 N–H and O–H groups in total. The van der Waals surface area contributed by atoms with Crippen molar-refractivity contribution in [2.45, 2.75) is 4.90 Å². The Morgan fingerprint density at radius 1 is 1.42 bits per heavy atom. The molecular weight excluding hydrogens is 249 g/mol. The first-order valence-electron chi connectivity index (χ1n) is 2.91. The van der Waals surface area contributed by atoms with Crippen molar-refractivity contribution in [3.05, 3.63) is 22.7 Å². The Balaban J connectivity index is 3.33. The molecule has 0 aliphatic rings. The van der Waals surface area contributed by atoms with Crippen LogP contribution < -0.4 is 5.73 Å². The van der Waals surface area contributed by atoms with Crippen molar-refractivity contribution in [2.24, 2.45) is 0 Å². The summed E-state index contributed by atoms with van der Waals surface area (Å²) in [5.41, 5.74) is 5.73. The van der Waals surface area contributed by atoms with Gasteiger partial charge in [0.1, 0.15) is 0 Å². The molecule has 0 saturated heterocycles. The first-order valence-corrected chi connectivity index (χ1v) is 5.08. The van der Waals surface area contributed by atoms with Gasteiger partial charge in [0.05, 0.1) is 4.90 Å². The number of nitrogen functional groups attached to an aromatic ring is 1. The fourth-order valence-electron chi connectivity index (χ4n) is 0.660. The van der Waals surface area contributed by atoms with E-state index in [0.29, 0.717) is 10.2 Å². The van der Waals surface area contributed by atoms with E-state index >= 15 is 0 Å². The zero-order chi connectivity index (χ0) is 9.35. The van der Waals surface area contributed by atoms with Crippen molar-refractivity contribution in [2.75, 3.05) is 5.73 Å². The molecule has 0 aromatic heterocycles. The minimum absolute atomic E-state index is 0.362. The lowest BCUT2D eigenvalue weighted by Gasteiger charge is -1.98.